The highest BCUT2D eigenvalue weighted by Gasteiger charge is 2.29. The van der Waals surface area contributed by atoms with Gasteiger partial charge in [-0.25, -0.2) is 14.4 Å². The van der Waals surface area contributed by atoms with Crippen LogP contribution in [0.4, 0.5) is 4.79 Å². The third-order valence-corrected chi connectivity index (χ3v) is 4.22. The zero-order valence-corrected chi connectivity index (χ0v) is 15.7. The van der Waals surface area contributed by atoms with E-state index in [1.54, 1.807) is 0 Å². The molecule has 4 N–H and O–H groups in total. The molecule has 1 aromatic carbocycles. The number of aliphatic hydroxyl groups excluding tert-OH is 2. The molecule has 1 heterocycles. The lowest BCUT2D eigenvalue weighted by molar-refractivity contribution is -0.165. The van der Waals surface area contributed by atoms with Gasteiger partial charge < -0.3 is 30.1 Å². The van der Waals surface area contributed by atoms with Gasteiger partial charge in [-0.3, -0.25) is 0 Å². The number of aliphatic hydroxyl groups is 2. The molecule has 1 aliphatic heterocycles. The average molecular weight is 397 g/mol. The summed E-state index contributed by atoms with van der Waals surface area (Å²) in [6, 6.07) is 10.5. The van der Waals surface area contributed by atoms with E-state index in [1.165, 1.54) is 12.0 Å². The number of aliphatic carboxylic acids is 2. The summed E-state index contributed by atoms with van der Waals surface area (Å²) in [5.41, 5.74) is 1.35. The fourth-order valence-electron chi connectivity index (χ4n) is 2.83. The van der Waals surface area contributed by atoms with Gasteiger partial charge in [-0.1, -0.05) is 30.3 Å². The number of carbonyl (C=O) groups excluding carboxylic acids is 1. The van der Waals surface area contributed by atoms with Crippen molar-refractivity contribution in [2.24, 2.45) is 5.92 Å². The molecule has 0 aromatic heterocycles. The van der Waals surface area contributed by atoms with Crippen molar-refractivity contribution in [3.63, 3.8) is 0 Å². The lowest BCUT2D eigenvalue weighted by Gasteiger charge is -2.32. The summed E-state index contributed by atoms with van der Waals surface area (Å²) < 4.78 is 5.07. The number of ether oxygens (including phenoxy) is 1. The number of carbonyl (C=O) groups is 3. The zero-order chi connectivity index (χ0) is 21.1. The van der Waals surface area contributed by atoms with Crippen molar-refractivity contribution in [1.82, 2.24) is 4.90 Å². The van der Waals surface area contributed by atoms with Crippen LogP contribution in [0, 0.1) is 5.92 Å². The Morgan fingerprint density at radius 1 is 1.11 bits per heavy atom. The number of hydrogen-bond acceptors (Lipinski definition) is 6. The number of amides is 1. The number of benzene rings is 1. The maximum absolute atomic E-state index is 11.7. The lowest BCUT2D eigenvalue weighted by atomic mass is 9.91. The van der Waals surface area contributed by atoms with Crippen LogP contribution in [0.5, 0.6) is 0 Å². The molecule has 1 aliphatic rings. The van der Waals surface area contributed by atoms with Gasteiger partial charge in [-0.05, 0) is 37.7 Å². The number of carboxylic acid groups (broad SMARTS) is 2. The molecule has 1 saturated heterocycles. The van der Waals surface area contributed by atoms with Crippen molar-refractivity contribution in [2.75, 3.05) is 19.7 Å². The van der Waals surface area contributed by atoms with Crippen LogP contribution in [0.15, 0.2) is 30.3 Å². The van der Waals surface area contributed by atoms with E-state index in [-0.39, 0.29) is 6.09 Å². The Bertz CT molecular complexity index is 618. The summed E-state index contributed by atoms with van der Waals surface area (Å²) in [6.45, 7) is 3.97. The number of rotatable bonds is 6. The van der Waals surface area contributed by atoms with Gasteiger partial charge in [-0.2, -0.15) is 0 Å². The van der Waals surface area contributed by atoms with E-state index < -0.39 is 24.1 Å². The van der Waals surface area contributed by atoms with Crippen LogP contribution in [0.2, 0.25) is 0 Å². The SMILES string of the molecule is CCOC(=O)N1CCC[C@H](Cc2ccccc2)C1.O=C(O)[C@@H](O)[C@H](O)C(=O)O. The first-order valence-corrected chi connectivity index (χ1v) is 9.03. The van der Waals surface area contributed by atoms with Crippen LogP contribution in [0.1, 0.15) is 25.3 Å². The molecule has 2 rings (SSSR count). The lowest BCUT2D eigenvalue weighted by Crippen LogP contribution is -2.40. The van der Waals surface area contributed by atoms with Crippen molar-refractivity contribution in [3.8, 4) is 0 Å². The molecule has 0 saturated carbocycles. The summed E-state index contributed by atoms with van der Waals surface area (Å²) in [7, 11) is 0. The molecule has 28 heavy (non-hydrogen) atoms. The molecule has 9 nitrogen and oxygen atoms in total. The molecule has 1 amide bonds. The Labute approximate surface area is 163 Å². The first-order valence-electron chi connectivity index (χ1n) is 9.03. The van der Waals surface area contributed by atoms with Crippen LogP contribution in [0.3, 0.4) is 0 Å². The third kappa shape index (κ3) is 7.93. The maximum atomic E-state index is 11.7. The molecule has 0 spiro atoms. The quantitative estimate of drug-likeness (QED) is 0.556. The Kier molecular flexibility index (Phi) is 9.97. The molecule has 0 bridgehead atoms. The Balaban J connectivity index is 0.000000336. The first-order chi connectivity index (χ1) is 13.3. The van der Waals surface area contributed by atoms with Gasteiger partial charge in [0.1, 0.15) is 0 Å². The minimum Gasteiger partial charge on any atom is -0.479 e. The molecule has 3 atom stereocenters. The van der Waals surface area contributed by atoms with Crippen molar-refractivity contribution in [2.45, 2.75) is 38.4 Å². The topological polar surface area (TPSA) is 145 Å². The predicted molar refractivity (Wildman–Crippen MR) is 98.8 cm³/mol. The van der Waals surface area contributed by atoms with Gasteiger partial charge in [0.05, 0.1) is 6.61 Å². The fourth-order valence-corrected chi connectivity index (χ4v) is 2.83. The van der Waals surface area contributed by atoms with Crippen molar-refractivity contribution in [3.05, 3.63) is 35.9 Å². The van der Waals surface area contributed by atoms with E-state index >= 15 is 0 Å². The molecule has 1 fully saturated rings. The van der Waals surface area contributed by atoms with Crippen LogP contribution >= 0.6 is 0 Å². The Morgan fingerprint density at radius 3 is 2.18 bits per heavy atom. The average Bonchev–Trinajstić information content (AvgIpc) is 2.68. The summed E-state index contributed by atoms with van der Waals surface area (Å²) in [5.74, 6) is -2.98. The minimum absolute atomic E-state index is 0.157. The standard InChI is InChI=1S/C15H21NO2.C4H6O6/c1-2-18-15(17)16-10-6-9-14(12-16)11-13-7-4-3-5-8-13;5-1(3(7)8)2(6)4(9)10/h3-5,7-8,14H,2,6,9-12H2,1H3;1-2,5-6H,(H,7,8)(H,9,10)/t14-;1-,2-/m10/s1. The summed E-state index contributed by atoms with van der Waals surface area (Å²) in [4.78, 5) is 33.1. The number of hydrogen-bond donors (Lipinski definition) is 4. The van der Waals surface area contributed by atoms with Gasteiger partial charge in [-0.15, -0.1) is 0 Å². The van der Waals surface area contributed by atoms with E-state index in [0.29, 0.717) is 12.5 Å². The maximum Gasteiger partial charge on any atom is 0.409 e. The van der Waals surface area contributed by atoms with Gasteiger partial charge in [0.25, 0.3) is 0 Å². The van der Waals surface area contributed by atoms with Crippen LogP contribution < -0.4 is 0 Å². The van der Waals surface area contributed by atoms with Crippen molar-refractivity contribution >= 4 is 18.0 Å². The van der Waals surface area contributed by atoms with Crippen LogP contribution in [-0.2, 0) is 20.7 Å². The second-order valence-corrected chi connectivity index (χ2v) is 6.41. The molecule has 0 radical (unpaired) electrons. The molecular formula is C19H27NO8. The highest BCUT2D eigenvalue weighted by atomic mass is 16.6. The number of nitrogens with zero attached hydrogens (tertiary/aromatic N) is 1. The van der Waals surface area contributed by atoms with E-state index in [4.69, 9.17) is 25.2 Å². The van der Waals surface area contributed by atoms with Gasteiger partial charge in [0.2, 0.25) is 0 Å². The van der Waals surface area contributed by atoms with E-state index in [0.717, 1.165) is 25.9 Å². The molecule has 1 aromatic rings. The second kappa shape index (κ2) is 11.9. The van der Waals surface area contributed by atoms with E-state index in [1.807, 2.05) is 17.9 Å². The van der Waals surface area contributed by atoms with Crippen molar-refractivity contribution < 1.29 is 39.5 Å². The fraction of sp³-hybridized carbons (Fsp3) is 0.526. The largest absolute Gasteiger partial charge is 0.479 e. The molecule has 0 unspecified atom stereocenters. The monoisotopic (exact) mass is 397 g/mol. The molecule has 156 valence electrons. The first kappa shape index (κ1) is 23.4. The number of piperidine rings is 1. The zero-order valence-electron chi connectivity index (χ0n) is 15.7. The van der Waals surface area contributed by atoms with Crippen molar-refractivity contribution in [1.29, 1.82) is 0 Å². The van der Waals surface area contributed by atoms with E-state index in [2.05, 4.69) is 24.3 Å². The summed E-state index contributed by atoms with van der Waals surface area (Å²) in [5, 5.41) is 32.5. The second-order valence-electron chi connectivity index (χ2n) is 6.41. The van der Waals surface area contributed by atoms with Gasteiger partial charge in [0.15, 0.2) is 12.2 Å². The van der Waals surface area contributed by atoms with Crippen LogP contribution in [-0.4, -0.2) is 75.3 Å². The normalized spacial score (nSPS) is 18.2. The van der Waals surface area contributed by atoms with E-state index in [9.17, 15) is 14.4 Å². The predicted octanol–water partition coefficient (Wildman–Crippen LogP) is 0.975. The molecular weight excluding hydrogens is 370 g/mol. The Hall–Kier alpha value is -2.65. The van der Waals surface area contributed by atoms with Gasteiger partial charge in [0, 0.05) is 13.1 Å². The molecule has 0 aliphatic carbocycles. The van der Waals surface area contributed by atoms with Gasteiger partial charge >= 0.3 is 18.0 Å². The minimum atomic E-state index is -2.27. The number of likely N-dealkylation sites (tertiary alicyclic amines) is 1. The number of carboxylic acids is 2. The smallest absolute Gasteiger partial charge is 0.409 e. The highest BCUT2D eigenvalue weighted by molar-refractivity contribution is 5.83. The van der Waals surface area contributed by atoms with Crippen LogP contribution in [0.25, 0.3) is 0 Å². The highest BCUT2D eigenvalue weighted by Crippen LogP contribution is 2.21. The third-order valence-electron chi connectivity index (χ3n) is 4.22. The summed E-state index contributed by atoms with van der Waals surface area (Å²) in [6.07, 6.45) is -1.36. The summed E-state index contributed by atoms with van der Waals surface area (Å²) >= 11 is 0. The molecule has 9 heteroatoms. The Morgan fingerprint density at radius 2 is 1.68 bits per heavy atom.